The number of carbonyl (C=O) groups excluding carboxylic acids is 1. The highest BCUT2D eigenvalue weighted by molar-refractivity contribution is 6.30. The monoisotopic (exact) mass is 396 g/mol. The number of aryl methyl sites for hydroxylation is 1. The first kappa shape index (κ1) is 18.5. The molecule has 28 heavy (non-hydrogen) atoms. The number of hydrogen-bond donors (Lipinski definition) is 1. The fourth-order valence-corrected chi connectivity index (χ4v) is 3.53. The molecule has 3 aromatic rings. The molecule has 1 aliphatic heterocycles. The van der Waals surface area contributed by atoms with Gasteiger partial charge < -0.3 is 14.7 Å². The molecule has 7 heteroatoms. The van der Waals surface area contributed by atoms with E-state index >= 15 is 0 Å². The van der Waals surface area contributed by atoms with Gasteiger partial charge in [-0.1, -0.05) is 28.9 Å². The lowest BCUT2D eigenvalue weighted by atomic mass is 9.98. The third kappa shape index (κ3) is 4.17. The zero-order valence-electron chi connectivity index (χ0n) is 15.6. The van der Waals surface area contributed by atoms with E-state index in [0.29, 0.717) is 29.8 Å². The van der Waals surface area contributed by atoms with E-state index < -0.39 is 0 Å². The second-order valence-electron chi connectivity index (χ2n) is 7.05. The molecule has 1 atom stereocenters. The van der Waals surface area contributed by atoms with Crippen LogP contribution >= 0.6 is 11.6 Å². The minimum atomic E-state index is -0.104. The highest BCUT2D eigenvalue weighted by atomic mass is 35.5. The number of anilines is 1. The number of rotatable bonds is 3. The second kappa shape index (κ2) is 8.02. The molecule has 6 nitrogen and oxygen atoms in total. The molecule has 4 rings (SSSR count). The molecule has 0 unspecified atom stereocenters. The molecule has 0 bridgehead atoms. The van der Waals surface area contributed by atoms with Gasteiger partial charge in [-0.3, -0.25) is 0 Å². The van der Waals surface area contributed by atoms with Crippen molar-refractivity contribution in [3.8, 4) is 11.4 Å². The van der Waals surface area contributed by atoms with Crippen molar-refractivity contribution in [2.24, 2.45) is 0 Å². The molecular weight excluding hydrogens is 376 g/mol. The summed E-state index contributed by atoms with van der Waals surface area (Å²) in [7, 11) is 0. The molecule has 2 amide bonds. The predicted molar refractivity (Wildman–Crippen MR) is 108 cm³/mol. The van der Waals surface area contributed by atoms with Gasteiger partial charge >= 0.3 is 6.03 Å². The Morgan fingerprint density at radius 1 is 1.25 bits per heavy atom. The minimum Gasteiger partial charge on any atom is -0.339 e. The number of nitrogens with one attached hydrogen (secondary N) is 1. The maximum Gasteiger partial charge on any atom is 0.321 e. The number of carbonyl (C=O) groups is 1. The first-order valence-electron chi connectivity index (χ1n) is 9.30. The summed E-state index contributed by atoms with van der Waals surface area (Å²) in [5, 5.41) is 7.72. The summed E-state index contributed by atoms with van der Waals surface area (Å²) in [6.07, 6.45) is 1.81. The van der Waals surface area contributed by atoms with Gasteiger partial charge in [0.15, 0.2) is 0 Å². The molecule has 2 aromatic carbocycles. The maximum atomic E-state index is 12.6. The normalized spacial score (nSPS) is 16.8. The Bertz CT molecular complexity index is 971. The van der Waals surface area contributed by atoms with E-state index in [1.807, 2.05) is 48.2 Å². The van der Waals surface area contributed by atoms with E-state index in [0.717, 1.165) is 29.7 Å². The van der Waals surface area contributed by atoms with Crippen LogP contribution in [0.4, 0.5) is 10.5 Å². The number of likely N-dealkylation sites (tertiary alicyclic amines) is 1. The Labute approximate surface area is 168 Å². The number of piperidine rings is 1. The average molecular weight is 397 g/mol. The average Bonchev–Trinajstić information content (AvgIpc) is 3.19. The van der Waals surface area contributed by atoms with Crippen LogP contribution in [0.5, 0.6) is 0 Å². The van der Waals surface area contributed by atoms with E-state index in [1.54, 1.807) is 12.1 Å². The number of halogens is 1. The van der Waals surface area contributed by atoms with Gasteiger partial charge in [-0.2, -0.15) is 4.98 Å². The summed E-state index contributed by atoms with van der Waals surface area (Å²) in [6, 6.07) is 15.0. The quantitative estimate of drug-likeness (QED) is 0.667. The predicted octanol–water partition coefficient (Wildman–Crippen LogP) is 5.11. The highest BCUT2D eigenvalue weighted by Crippen LogP contribution is 2.28. The Kier molecular flexibility index (Phi) is 5.30. The van der Waals surface area contributed by atoms with Crippen molar-refractivity contribution in [1.29, 1.82) is 0 Å². The Morgan fingerprint density at radius 2 is 2.07 bits per heavy atom. The van der Waals surface area contributed by atoms with Crippen molar-refractivity contribution >= 4 is 23.3 Å². The smallest absolute Gasteiger partial charge is 0.321 e. The Morgan fingerprint density at radius 3 is 2.86 bits per heavy atom. The second-order valence-corrected chi connectivity index (χ2v) is 7.48. The van der Waals surface area contributed by atoms with Crippen molar-refractivity contribution in [2.75, 3.05) is 18.4 Å². The SMILES string of the molecule is Cc1cccc(NC(=O)N2CCC[C@H](c3nc(-c4ccc(Cl)cc4)no3)C2)c1. The van der Waals surface area contributed by atoms with Gasteiger partial charge in [-0.25, -0.2) is 4.79 Å². The molecule has 0 saturated carbocycles. The van der Waals surface area contributed by atoms with Crippen molar-refractivity contribution < 1.29 is 9.32 Å². The summed E-state index contributed by atoms with van der Waals surface area (Å²) >= 11 is 5.93. The third-order valence-electron chi connectivity index (χ3n) is 4.87. The van der Waals surface area contributed by atoms with E-state index in [2.05, 4.69) is 15.5 Å². The summed E-state index contributed by atoms with van der Waals surface area (Å²) in [5.41, 5.74) is 2.76. The van der Waals surface area contributed by atoms with E-state index in [-0.39, 0.29) is 11.9 Å². The lowest BCUT2D eigenvalue weighted by molar-refractivity contribution is 0.184. The van der Waals surface area contributed by atoms with Crippen LogP contribution in [0.1, 0.15) is 30.2 Å². The third-order valence-corrected chi connectivity index (χ3v) is 5.12. The van der Waals surface area contributed by atoms with Gasteiger partial charge in [0.25, 0.3) is 0 Å². The van der Waals surface area contributed by atoms with E-state index in [9.17, 15) is 4.79 Å². The fourth-order valence-electron chi connectivity index (χ4n) is 3.41. The van der Waals surface area contributed by atoms with Gasteiger partial charge in [0.05, 0.1) is 5.92 Å². The standard InChI is InChI=1S/C21H21ClN4O2/c1-14-4-2-6-18(12-14)23-21(27)26-11-3-5-16(13-26)20-24-19(25-28-20)15-7-9-17(22)10-8-15/h2,4,6-10,12,16H,3,5,11,13H2,1H3,(H,23,27)/t16-/m0/s1. The molecule has 2 heterocycles. The zero-order chi connectivity index (χ0) is 19.5. The van der Waals surface area contributed by atoms with Gasteiger partial charge in [-0.05, 0) is 61.7 Å². The molecule has 1 saturated heterocycles. The Balaban J connectivity index is 1.43. The number of benzene rings is 2. The molecule has 1 N–H and O–H groups in total. The van der Waals surface area contributed by atoms with Crippen LogP contribution in [0, 0.1) is 6.92 Å². The van der Waals surface area contributed by atoms with Crippen molar-refractivity contribution in [3.63, 3.8) is 0 Å². The number of nitrogens with zero attached hydrogens (tertiary/aromatic N) is 3. The van der Waals surface area contributed by atoms with Crippen LogP contribution in [-0.2, 0) is 0 Å². The van der Waals surface area contributed by atoms with Crippen LogP contribution in [-0.4, -0.2) is 34.2 Å². The van der Waals surface area contributed by atoms with Crippen LogP contribution in [0.3, 0.4) is 0 Å². The van der Waals surface area contributed by atoms with Gasteiger partial charge in [0, 0.05) is 29.4 Å². The lowest BCUT2D eigenvalue weighted by Crippen LogP contribution is -2.41. The highest BCUT2D eigenvalue weighted by Gasteiger charge is 2.28. The number of hydrogen-bond acceptors (Lipinski definition) is 4. The molecule has 144 valence electrons. The van der Waals surface area contributed by atoms with Gasteiger partial charge in [0.2, 0.25) is 11.7 Å². The fraction of sp³-hybridized carbons (Fsp3) is 0.286. The van der Waals surface area contributed by atoms with E-state index in [1.165, 1.54) is 0 Å². The van der Waals surface area contributed by atoms with Crippen LogP contribution in [0.15, 0.2) is 53.1 Å². The molecule has 1 aliphatic rings. The summed E-state index contributed by atoms with van der Waals surface area (Å²) in [5.74, 6) is 1.14. The van der Waals surface area contributed by atoms with Crippen LogP contribution < -0.4 is 5.32 Å². The number of urea groups is 1. The first-order chi connectivity index (χ1) is 13.6. The number of amides is 2. The summed E-state index contributed by atoms with van der Waals surface area (Å²) < 4.78 is 5.50. The van der Waals surface area contributed by atoms with Crippen molar-refractivity contribution in [2.45, 2.75) is 25.7 Å². The zero-order valence-corrected chi connectivity index (χ0v) is 16.3. The molecule has 0 aliphatic carbocycles. The van der Waals surface area contributed by atoms with Gasteiger partial charge in [-0.15, -0.1) is 0 Å². The number of aromatic nitrogens is 2. The minimum absolute atomic E-state index is 0.0329. The molecule has 0 spiro atoms. The van der Waals surface area contributed by atoms with Crippen molar-refractivity contribution in [3.05, 3.63) is 65.0 Å². The van der Waals surface area contributed by atoms with Crippen LogP contribution in [0.25, 0.3) is 11.4 Å². The van der Waals surface area contributed by atoms with E-state index in [4.69, 9.17) is 16.1 Å². The first-order valence-corrected chi connectivity index (χ1v) is 9.68. The molecule has 1 fully saturated rings. The summed E-state index contributed by atoms with van der Waals surface area (Å²) in [4.78, 5) is 19.0. The molecule has 0 radical (unpaired) electrons. The largest absolute Gasteiger partial charge is 0.339 e. The molecule has 1 aromatic heterocycles. The topological polar surface area (TPSA) is 71.3 Å². The van der Waals surface area contributed by atoms with Crippen molar-refractivity contribution in [1.82, 2.24) is 15.0 Å². The lowest BCUT2D eigenvalue weighted by Gasteiger charge is -2.31. The summed E-state index contributed by atoms with van der Waals surface area (Å²) in [6.45, 7) is 3.27. The molecular formula is C21H21ClN4O2. The van der Waals surface area contributed by atoms with Gasteiger partial charge in [0.1, 0.15) is 0 Å². The maximum absolute atomic E-state index is 12.6. The van der Waals surface area contributed by atoms with Crippen LogP contribution in [0.2, 0.25) is 5.02 Å². The Hall–Kier alpha value is -2.86.